The monoisotopic (exact) mass is 479 g/mol. The number of furan rings is 1. The minimum absolute atomic E-state index is 0.0432. The third kappa shape index (κ3) is 4.77. The first-order valence-electron chi connectivity index (χ1n) is 11.1. The summed E-state index contributed by atoms with van der Waals surface area (Å²) < 4.78 is 7.16. The van der Waals surface area contributed by atoms with Crippen molar-refractivity contribution in [3.63, 3.8) is 0 Å². The number of aromatic nitrogens is 2. The molecule has 0 fully saturated rings. The van der Waals surface area contributed by atoms with Crippen molar-refractivity contribution < 1.29 is 9.21 Å². The van der Waals surface area contributed by atoms with E-state index in [9.17, 15) is 9.59 Å². The van der Waals surface area contributed by atoms with E-state index in [0.717, 1.165) is 41.5 Å². The number of nitrogens with zero attached hydrogens (tertiary/aromatic N) is 2. The molecule has 5 rings (SSSR count). The van der Waals surface area contributed by atoms with Crippen LogP contribution in [0, 0.1) is 6.92 Å². The van der Waals surface area contributed by atoms with Crippen molar-refractivity contribution >= 4 is 39.2 Å². The normalized spacial score (nSPS) is 13.2. The summed E-state index contributed by atoms with van der Waals surface area (Å²) in [5.41, 5.74) is 3.36. The summed E-state index contributed by atoms with van der Waals surface area (Å²) in [5, 5.41) is 4.25. The van der Waals surface area contributed by atoms with Gasteiger partial charge in [-0.15, -0.1) is 11.3 Å². The Kier molecular flexibility index (Phi) is 6.37. The molecular weight excluding hydrogens is 454 g/mol. The van der Waals surface area contributed by atoms with E-state index in [4.69, 9.17) is 9.40 Å². The van der Waals surface area contributed by atoms with E-state index in [0.29, 0.717) is 24.0 Å². The van der Waals surface area contributed by atoms with Crippen LogP contribution in [-0.4, -0.2) is 21.2 Å². The minimum Gasteiger partial charge on any atom is -0.467 e. The van der Waals surface area contributed by atoms with Crippen molar-refractivity contribution in [3.8, 4) is 0 Å². The van der Waals surface area contributed by atoms with Gasteiger partial charge in [-0.2, -0.15) is 0 Å². The van der Waals surface area contributed by atoms with Crippen LogP contribution in [0.15, 0.2) is 57.0 Å². The zero-order chi connectivity index (χ0) is 22.8. The number of fused-ring (bicyclic) bond motifs is 3. The molecule has 170 valence electrons. The molecule has 0 spiro atoms. The fraction of sp³-hybridized carbons (Fsp3) is 0.320. The first kappa shape index (κ1) is 22.0. The zero-order valence-electron chi connectivity index (χ0n) is 18.4. The predicted molar refractivity (Wildman–Crippen MR) is 132 cm³/mol. The highest BCUT2D eigenvalue weighted by molar-refractivity contribution is 7.99. The number of carbonyl (C=O) groups excluding carboxylic acids is 1. The van der Waals surface area contributed by atoms with Gasteiger partial charge in [0.15, 0.2) is 5.16 Å². The number of nitrogens with one attached hydrogen (secondary N) is 1. The quantitative estimate of drug-likeness (QED) is 0.307. The summed E-state index contributed by atoms with van der Waals surface area (Å²) in [6.45, 7) is 2.81. The molecule has 1 aromatic carbocycles. The molecule has 3 aromatic heterocycles. The highest BCUT2D eigenvalue weighted by Gasteiger charge is 2.23. The topological polar surface area (TPSA) is 77.1 Å². The molecule has 6 nitrogen and oxygen atoms in total. The van der Waals surface area contributed by atoms with E-state index in [2.05, 4.69) is 5.32 Å². The Bertz CT molecular complexity index is 1340. The lowest BCUT2D eigenvalue weighted by Crippen LogP contribution is -2.27. The summed E-state index contributed by atoms with van der Waals surface area (Å²) >= 11 is 2.92. The van der Waals surface area contributed by atoms with E-state index < -0.39 is 0 Å². The van der Waals surface area contributed by atoms with Gasteiger partial charge in [-0.1, -0.05) is 41.6 Å². The molecule has 1 aliphatic carbocycles. The van der Waals surface area contributed by atoms with Crippen molar-refractivity contribution in [2.45, 2.75) is 50.9 Å². The Hall–Kier alpha value is -2.84. The molecular formula is C25H25N3O3S2. The molecule has 0 bridgehead atoms. The highest BCUT2D eigenvalue weighted by atomic mass is 32.2. The number of amides is 1. The fourth-order valence-corrected chi connectivity index (χ4v) is 6.25. The second kappa shape index (κ2) is 9.57. The summed E-state index contributed by atoms with van der Waals surface area (Å²) in [6.07, 6.45) is 5.81. The molecule has 8 heteroatoms. The van der Waals surface area contributed by atoms with Gasteiger partial charge in [0.25, 0.3) is 5.56 Å². The van der Waals surface area contributed by atoms with Crippen molar-refractivity contribution in [2.75, 3.05) is 5.75 Å². The molecule has 0 aliphatic heterocycles. The molecule has 0 unspecified atom stereocenters. The second-order valence-electron chi connectivity index (χ2n) is 8.31. The molecule has 0 atom stereocenters. The van der Waals surface area contributed by atoms with Crippen LogP contribution in [0.3, 0.4) is 0 Å². The Morgan fingerprint density at radius 2 is 2.03 bits per heavy atom. The van der Waals surface area contributed by atoms with Crippen LogP contribution < -0.4 is 10.9 Å². The van der Waals surface area contributed by atoms with E-state index in [1.165, 1.54) is 27.8 Å². The van der Waals surface area contributed by atoms with Crippen molar-refractivity contribution in [2.24, 2.45) is 0 Å². The van der Waals surface area contributed by atoms with Crippen molar-refractivity contribution in [3.05, 3.63) is 80.3 Å². The van der Waals surface area contributed by atoms with Crippen LogP contribution in [0.1, 0.15) is 40.2 Å². The molecule has 1 aliphatic rings. The van der Waals surface area contributed by atoms with Gasteiger partial charge >= 0.3 is 0 Å². The SMILES string of the molecule is Cc1ccc(CNC(=O)CSc2nc3sc4c(c3c(=O)n2Cc2ccco2)CCCC4)cc1. The Morgan fingerprint density at radius 3 is 2.82 bits per heavy atom. The standard InChI is InChI=1S/C25H25N3O3S2/c1-16-8-10-17(11-9-16)13-26-21(29)15-32-25-27-23-22(19-6-2-3-7-20(19)33-23)24(30)28(25)14-18-5-4-12-31-18/h4-5,8-12H,2-3,6-7,13-15H2,1H3,(H,26,29). The molecule has 1 amide bonds. The average molecular weight is 480 g/mol. The number of rotatable bonds is 7. The number of aryl methyl sites for hydroxylation is 3. The minimum atomic E-state index is -0.0926. The molecule has 4 aromatic rings. The number of hydrogen-bond donors (Lipinski definition) is 1. The second-order valence-corrected chi connectivity index (χ2v) is 10.3. The van der Waals surface area contributed by atoms with Crippen LogP contribution in [-0.2, 0) is 30.7 Å². The number of hydrogen-bond acceptors (Lipinski definition) is 6. The molecule has 0 saturated carbocycles. The van der Waals surface area contributed by atoms with Gasteiger partial charge in [0.1, 0.15) is 10.6 Å². The van der Waals surface area contributed by atoms with E-state index in [1.807, 2.05) is 43.3 Å². The van der Waals surface area contributed by atoms with Crippen LogP contribution >= 0.6 is 23.1 Å². The van der Waals surface area contributed by atoms with Gasteiger partial charge in [-0.3, -0.25) is 14.2 Å². The lowest BCUT2D eigenvalue weighted by molar-refractivity contribution is -0.118. The highest BCUT2D eigenvalue weighted by Crippen LogP contribution is 2.34. The molecule has 1 N–H and O–H groups in total. The fourth-order valence-electron chi connectivity index (χ4n) is 4.12. The van der Waals surface area contributed by atoms with Gasteiger partial charge < -0.3 is 9.73 Å². The van der Waals surface area contributed by atoms with Crippen LogP contribution in [0.5, 0.6) is 0 Å². The number of thiophene rings is 1. The summed E-state index contributed by atoms with van der Waals surface area (Å²) in [5.74, 6) is 0.783. The van der Waals surface area contributed by atoms with Crippen molar-refractivity contribution in [1.29, 1.82) is 0 Å². The van der Waals surface area contributed by atoms with Crippen molar-refractivity contribution in [1.82, 2.24) is 14.9 Å². The lowest BCUT2D eigenvalue weighted by Gasteiger charge is -2.13. The largest absolute Gasteiger partial charge is 0.467 e. The number of thioether (sulfide) groups is 1. The number of benzene rings is 1. The third-order valence-corrected chi connectivity index (χ3v) is 8.04. The Labute approximate surface area is 200 Å². The van der Waals surface area contributed by atoms with Gasteiger partial charge in [0.2, 0.25) is 5.91 Å². The molecule has 0 radical (unpaired) electrons. The summed E-state index contributed by atoms with van der Waals surface area (Å²) in [4.78, 5) is 33.0. The number of carbonyl (C=O) groups is 1. The van der Waals surface area contributed by atoms with Crippen LogP contribution in [0.25, 0.3) is 10.2 Å². The van der Waals surface area contributed by atoms with E-state index in [-0.39, 0.29) is 17.2 Å². The smallest absolute Gasteiger partial charge is 0.263 e. The first-order chi connectivity index (χ1) is 16.1. The first-order valence-corrected chi connectivity index (χ1v) is 12.9. The van der Waals surface area contributed by atoms with E-state index >= 15 is 0 Å². The molecule has 33 heavy (non-hydrogen) atoms. The zero-order valence-corrected chi connectivity index (χ0v) is 20.1. The maximum Gasteiger partial charge on any atom is 0.263 e. The lowest BCUT2D eigenvalue weighted by atomic mass is 9.97. The Balaban J connectivity index is 1.39. The molecule has 0 saturated heterocycles. The summed E-state index contributed by atoms with van der Waals surface area (Å²) in [7, 11) is 0. The average Bonchev–Trinajstić information content (AvgIpc) is 3.47. The molecule has 3 heterocycles. The van der Waals surface area contributed by atoms with Gasteiger partial charge in [-0.25, -0.2) is 4.98 Å². The van der Waals surface area contributed by atoms with Crippen LogP contribution in [0.2, 0.25) is 0 Å². The Morgan fingerprint density at radius 1 is 1.21 bits per heavy atom. The van der Waals surface area contributed by atoms with Gasteiger partial charge in [0, 0.05) is 11.4 Å². The van der Waals surface area contributed by atoms with Crippen LogP contribution in [0.4, 0.5) is 0 Å². The van der Waals surface area contributed by atoms with E-state index in [1.54, 1.807) is 22.2 Å². The van der Waals surface area contributed by atoms with Gasteiger partial charge in [-0.05, 0) is 55.9 Å². The predicted octanol–water partition coefficient (Wildman–Crippen LogP) is 4.70. The summed E-state index contributed by atoms with van der Waals surface area (Å²) in [6, 6.07) is 11.7. The maximum atomic E-state index is 13.6. The van der Waals surface area contributed by atoms with Gasteiger partial charge in [0.05, 0.1) is 23.9 Å². The third-order valence-electron chi connectivity index (χ3n) is 5.88. The maximum absolute atomic E-state index is 13.6.